The van der Waals surface area contributed by atoms with Crippen molar-refractivity contribution in [1.29, 1.82) is 0 Å². The van der Waals surface area contributed by atoms with Crippen LogP contribution < -0.4 is 5.32 Å². The molecule has 0 radical (unpaired) electrons. The summed E-state index contributed by atoms with van der Waals surface area (Å²) in [5.41, 5.74) is -0.214. The summed E-state index contributed by atoms with van der Waals surface area (Å²) in [6, 6.07) is 0. The molecule has 4 rings (SSSR count). The van der Waals surface area contributed by atoms with Gasteiger partial charge in [0.2, 0.25) is 5.91 Å². The molecule has 188 valence electrons. The Morgan fingerprint density at radius 2 is 1.76 bits per heavy atom. The molecule has 0 saturated heterocycles. The van der Waals surface area contributed by atoms with Crippen molar-refractivity contribution < 1.29 is 30.0 Å². The van der Waals surface area contributed by atoms with Crippen molar-refractivity contribution in [3.05, 3.63) is 0 Å². The SMILES string of the molecule is C[C@@H](CCC(=O)NCC(=O)O)[C@@H]1CC[C@@H]2[C@@H]3[C@@H](C[C@@H](O)[C@]21C)[C@]1(C)CC[C@H](O)C[C@@H]1C[C@@H]3O. The number of carboxylic acids is 1. The van der Waals surface area contributed by atoms with Crippen LogP contribution in [0.2, 0.25) is 0 Å². The first kappa shape index (κ1) is 24.9. The molecule has 7 heteroatoms. The molecule has 4 fully saturated rings. The molecule has 0 aromatic carbocycles. The van der Waals surface area contributed by atoms with Gasteiger partial charge < -0.3 is 25.7 Å². The number of hydrogen-bond acceptors (Lipinski definition) is 5. The summed E-state index contributed by atoms with van der Waals surface area (Å²) >= 11 is 0. The minimum absolute atomic E-state index is 0.0668. The molecule has 33 heavy (non-hydrogen) atoms. The molecule has 0 aromatic heterocycles. The predicted molar refractivity (Wildman–Crippen MR) is 123 cm³/mol. The number of fused-ring (bicyclic) bond motifs is 5. The van der Waals surface area contributed by atoms with Gasteiger partial charge in [-0.2, -0.15) is 0 Å². The molecule has 5 N–H and O–H groups in total. The van der Waals surface area contributed by atoms with Gasteiger partial charge in [-0.15, -0.1) is 0 Å². The Bertz CT molecular complexity index is 759. The maximum Gasteiger partial charge on any atom is 0.322 e. The Morgan fingerprint density at radius 3 is 2.45 bits per heavy atom. The molecular weight excluding hydrogens is 422 g/mol. The van der Waals surface area contributed by atoms with Crippen LogP contribution in [0.5, 0.6) is 0 Å². The minimum Gasteiger partial charge on any atom is -0.480 e. The maximum atomic E-state index is 12.0. The molecule has 4 aliphatic rings. The molecular formula is C26H43NO6. The van der Waals surface area contributed by atoms with E-state index in [0.717, 1.165) is 38.5 Å². The topological polar surface area (TPSA) is 127 Å². The summed E-state index contributed by atoms with van der Waals surface area (Å²) in [7, 11) is 0. The Kier molecular flexibility index (Phi) is 6.89. The van der Waals surface area contributed by atoms with Crippen LogP contribution in [0.1, 0.15) is 78.6 Å². The smallest absolute Gasteiger partial charge is 0.322 e. The number of amides is 1. The third-order valence-electron chi connectivity index (χ3n) is 10.8. The second-order valence-electron chi connectivity index (χ2n) is 12.2. The fourth-order valence-corrected chi connectivity index (χ4v) is 8.95. The average Bonchev–Trinajstić information content (AvgIpc) is 3.11. The summed E-state index contributed by atoms with van der Waals surface area (Å²) in [5.74, 6) is 0.265. The molecule has 0 unspecified atom stereocenters. The minimum atomic E-state index is -1.04. The van der Waals surface area contributed by atoms with Crippen molar-refractivity contribution in [3.8, 4) is 0 Å². The van der Waals surface area contributed by atoms with Gasteiger partial charge in [-0.25, -0.2) is 0 Å². The highest BCUT2D eigenvalue weighted by atomic mass is 16.4. The zero-order chi connectivity index (χ0) is 24.1. The molecule has 0 aromatic rings. The number of carbonyl (C=O) groups is 2. The number of aliphatic hydroxyl groups is 3. The summed E-state index contributed by atoms with van der Waals surface area (Å²) < 4.78 is 0. The van der Waals surface area contributed by atoms with E-state index in [0.29, 0.717) is 25.2 Å². The number of aliphatic carboxylic acids is 1. The van der Waals surface area contributed by atoms with Crippen LogP contribution in [0.15, 0.2) is 0 Å². The monoisotopic (exact) mass is 465 g/mol. The van der Waals surface area contributed by atoms with Crippen LogP contribution in [0, 0.1) is 46.3 Å². The lowest BCUT2D eigenvalue weighted by Gasteiger charge is -2.63. The van der Waals surface area contributed by atoms with E-state index in [9.17, 15) is 24.9 Å². The number of nitrogens with one attached hydrogen (secondary N) is 1. The second kappa shape index (κ2) is 9.12. The molecule has 0 spiro atoms. The zero-order valence-electron chi connectivity index (χ0n) is 20.4. The lowest BCUT2D eigenvalue weighted by molar-refractivity contribution is -0.207. The van der Waals surface area contributed by atoms with Gasteiger partial charge in [-0.05, 0) is 97.7 Å². The Balaban J connectivity index is 1.49. The van der Waals surface area contributed by atoms with Crippen LogP contribution in [-0.2, 0) is 9.59 Å². The highest BCUT2D eigenvalue weighted by Crippen LogP contribution is 2.68. The molecule has 11 atom stereocenters. The van der Waals surface area contributed by atoms with E-state index in [1.54, 1.807) is 0 Å². The van der Waals surface area contributed by atoms with Crippen molar-refractivity contribution in [2.75, 3.05) is 6.54 Å². The van der Waals surface area contributed by atoms with Crippen LogP contribution >= 0.6 is 0 Å². The summed E-state index contributed by atoms with van der Waals surface area (Å²) in [6.45, 7) is 6.35. The van der Waals surface area contributed by atoms with Crippen molar-refractivity contribution >= 4 is 11.9 Å². The number of rotatable bonds is 6. The summed E-state index contributed by atoms with van der Waals surface area (Å²) in [5, 5.41) is 44.4. The van der Waals surface area contributed by atoms with Crippen molar-refractivity contribution in [2.45, 2.75) is 96.9 Å². The van der Waals surface area contributed by atoms with E-state index >= 15 is 0 Å². The van der Waals surface area contributed by atoms with Crippen LogP contribution in [0.3, 0.4) is 0 Å². The van der Waals surface area contributed by atoms with E-state index in [1.165, 1.54) is 0 Å². The molecule has 7 nitrogen and oxygen atoms in total. The van der Waals surface area contributed by atoms with Gasteiger partial charge in [-0.3, -0.25) is 9.59 Å². The van der Waals surface area contributed by atoms with E-state index in [-0.39, 0.29) is 65.1 Å². The largest absolute Gasteiger partial charge is 0.480 e. The molecule has 0 heterocycles. The van der Waals surface area contributed by atoms with E-state index in [1.807, 2.05) is 0 Å². The molecule has 1 amide bonds. The number of carbonyl (C=O) groups excluding carboxylic acids is 1. The maximum absolute atomic E-state index is 12.0. The lowest BCUT2D eigenvalue weighted by Crippen LogP contribution is -2.62. The van der Waals surface area contributed by atoms with Crippen molar-refractivity contribution in [2.24, 2.45) is 46.3 Å². The van der Waals surface area contributed by atoms with Gasteiger partial charge in [0, 0.05) is 6.42 Å². The van der Waals surface area contributed by atoms with E-state index < -0.39 is 12.1 Å². The quantitative estimate of drug-likeness (QED) is 0.410. The number of hydrogen-bond donors (Lipinski definition) is 5. The average molecular weight is 466 g/mol. The van der Waals surface area contributed by atoms with E-state index in [4.69, 9.17) is 5.11 Å². The third-order valence-corrected chi connectivity index (χ3v) is 10.8. The second-order valence-corrected chi connectivity index (χ2v) is 12.2. The first-order valence-corrected chi connectivity index (χ1v) is 13.0. The first-order chi connectivity index (χ1) is 15.5. The van der Waals surface area contributed by atoms with Gasteiger partial charge in [0.15, 0.2) is 0 Å². The van der Waals surface area contributed by atoms with Gasteiger partial charge in [0.05, 0.1) is 18.3 Å². The number of aliphatic hydroxyl groups excluding tert-OH is 3. The third kappa shape index (κ3) is 4.23. The van der Waals surface area contributed by atoms with E-state index in [2.05, 4.69) is 26.1 Å². The van der Waals surface area contributed by atoms with Crippen molar-refractivity contribution in [1.82, 2.24) is 5.32 Å². The van der Waals surface area contributed by atoms with Crippen LogP contribution in [0.25, 0.3) is 0 Å². The molecule has 0 aliphatic heterocycles. The van der Waals surface area contributed by atoms with Gasteiger partial charge in [0.1, 0.15) is 6.54 Å². The highest BCUT2D eigenvalue weighted by molar-refractivity contribution is 5.81. The fourth-order valence-electron chi connectivity index (χ4n) is 8.95. The Labute approximate surface area is 197 Å². The van der Waals surface area contributed by atoms with Crippen LogP contribution in [0.4, 0.5) is 0 Å². The normalized spacial score (nSPS) is 47.7. The molecule has 0 bridgehead atoms. The van der Waals surface area contributed by atoms with Gasteiger partial charge in [0.25, 0.3) is 0 Å². The Morgan fingerprint density at radius 1 is 1.03 bits per heavy atom. The first-order valence-electron chi connectivity index (χ1n) is 13.0. The molecule has 4 aliphatic carbocycles. The predicted octanol–water partition coefficient (Wildman–Crippen LogP) is 2.56. The van der Waals surface area contributed by atoms with Crippen LogP contribution in [-0.4, -0.2) is 57.2 Å². The van der Waals surface area contributed by atoms with Gasteiger partial charge >= 0.3 is 5.97 Å². The fraction of sp³-hybridized carbons (Fsp3) is 0.923. The van der Waals surface area contributed by atoms with Crippen molar-refractivity contribution in [3.63, 3.8) is 0 Å². The zero-order valence-corrected chi connectivity index (χ0v) is 20.4. The van der Waals surface area contributed by atoms with Gasteiger partial charge in [-0.1, -0.05) is 20.8 Å². The summed E-state index contributed by atoms with van der Waals surface area (Å²) in [6.07, 6.45) is 5.86. The Hall–Kier alpha value is -1.18. The standard InChI is InChI=1S/C26H43NO6/c1-14(4-7-22(31)27-13-23(32)33)17-5-6-18-24-19(12-21(30)26(17,18)3)25(2)9-8-16(28)10-15(25)11-20(24)29/h14-21,24,28-30H,4-13H2,1-3H3,(H,27,31)(H,32,33)/t14-,15+,16-,17-,18+,19+,20-,21+,24+,25+,26-/m0/s1. The number of carboxylic acid groups (broad SMARTS) is 1. The lowest BCUT2D eigenvalue weighted by atomic mass is 9.43. The highest BCUT2D eigenvalue weighted by Gasteiger charge is 2.65. The molecule has 4 saturated carbocycles. The summed E-state index contributed by atoms with van der Waals surface area (Å²) in [4.78, 5) is 22.7.